The fourth-order valence-corrected chi connectivity index (χ4v) is 3.31. The van der Waals surface area contributed by atoms with Gasteiger partial charge in [-0.3, -0.25) is 14.9 Å². The van der Waals surface area contributed by atoms with Crippen LogP contribution < -0.4 is 14.1 Å². The van der Waals surface area contributed by atoms with Crippen LogP contribution in [-0.4, -0.2) is 24.0 Å². The van der Waals surface area contributed by atoms with E-state index in [4.69, 9.17) is 13.8 Å². The van der Waals surface area contributed by atoms with E-state index in [9.17, 15) is 14.9 Å². The molecular formula is C22H31N2O6P. The first-order chi connectivity index (χ1) is 14.7. The number of nitrogens with zero attached hydrogens (tertiary/aromatic N) is 1. The monoisotopic (exact) mass is 450 g/mol. The highest BCUT2D eigenvalue weighted by molar-refractivity contribution is 7.45. The molecule has 2 aromatic carbocycles. The van der Waals surface area contributed by atoms with Crippen molar-refractivity contribution >= 4 is 20.2 Å². The van der Waals surface area contributed by atoms with Gasteiger partial charge >= 0.3 is 14.5 Å². The van der Waals surface area contributed by atoms with Crippen LogP contribution in [0.2, 0.25) is 0 Å². The van der Waals surface area contributed by atoms with Crippen molar-refractivity contribution in [2.75, 3.05) is 13.2 Å². The number of rotatable bonds is 9. The second-order valence-corrected chi connectivity index (χ2v) is 8.30. The average molecular weight is 450 g/mol. The Morgan fingerprint density at radius 1 is 1.00 bits per heavy atom. The van der Waals surface area contributed by atoms with Gasteiger partial charge in [0.05, 0.1) is 11.5 Å². The summed E-state index contributed by atoms with van der Waals surface area (Å²) in [5.41, 5.74) is 1.13. The lowest BCUT2D eigenvalue weighted by atomic mass is 9.87. The van der Waals surface area contributed by atoms with E-state index in [-0.39, 0.29) is 24.3 Å². The van der Waals surface area contributed by atoms with Crippen molar-refractivity contribution in [1.82, 2.24) is 5.09 Å². The Bertz CT molecular complexity index is 819. The number of non-ortho nitro benzene ring substituents is 1. The maximum absolute atomic E-state index is 11.7. The Labute approximate surface area is 185 Å². The Hall–Kier alpha value is -2.70. The van der Waals surface area contributed by atoms with Crippen molar-refractivity contribution in [2.24, 2.45) is 0 Å². The number of nitro groups is 1. The minimum absolute atomic E-state index is 0.0146. The third kappa shape index (κ3) is 9.32. The summed E-state index contributed by atoms with van der Waals surface area (Å²) in [5, 5.41) is 13.7. The average Bonchev–Trinajstić information content (AvgIpc) is 2.74. The standard InChI is InChI=1S/C20H25N2O6P.C2H6/c1-5-26-19(23)14-21-29(28-18-12-8-16(9-13-18)22(24)25)27-17-10-6-15(7-11-17)20(2,3)4;1-2/h6-13,21H,5,14H2,1-4H3;1-2H3. The molecule has 0 amide bonds. The zero-order valence-electron chi connectivity index (χ0n) is 18.9. The highest BCUT2D eigenvalue weighted by Crippen LogP contribution is 2.37. The van der Waals surface area contributed by atoms with E-state index < -0.39 is 19.4 Å². The first kappa shape index (κ1) is 26.3. The van der Waals surface area contributed by atoms with Crippen molar-refractivity contribution in [3.8, 4) is 11.5 Å². The molecule has 0 radical (unpaired) electrons. The van der Waals surface area contributed by atoms with Gasteiger partial charge in [0.25, 0.3) is 5.69 Å². The summed E-state index contributed by atoms with van der Waals surface area (Å²) < 4.78 is 16.6. The number of hydrogen-bond acceptors (Lipinski definition) is 7. The van der Waals surface area contributed by atoms with Crippen LogP contribution in [0.15, 0.2) is 48.5 Å². The predicted octanol–water partition coefficient (Wildman–Crippen LogP) is 5.76. The van der Waals surface area contributed by atoms with Gasteiger partial charge in [0.15, 0.2) is 0 Å². The number of nitro benzene ring substituents is 1. The third-order valence-electron chi connectivity index (χ3n) is 3.80. The van der Waals surface area contributed by atoms with Crippen LogP contribution in [0.5, 0.6) is 11.5 Å². The lowest BCUT2D eigenvalue weighted by Gasteiger charge is -2.21. The van der Waals surface area contributed by atoms with Gasteiger partial charge in [-0.1, -0.05) is 46.8 Å². The Morgan fingerprint density at radius 3 is 1.90 bits per heavy atom. The summed E-state index contributed by atoms with van der Waals surface area (Å²) in [6.07, 6.45) is 0. The molecule has 0 saturated carbocycles. The molecule has 9 heteroatoms. The van der Waals surface area contributed by atoms with Crippen LogP contribution in [-0.2, 0) is 14.9 Å². The zero-order valence-corrected chi connectivity index (χ0v) is 19.8. The van der Waals surface area contributed by atoms with Crippen molar-refractivity contribution in [3.63, 3.8) is 0 Å². The van der Waals surface area contributed by atoms with Gasteiger partial charge in [0.2, 0.25) is 0 Å². The number of hydrogen-bond donors (Lipinski definition) is 1. The maximum atomic E-state index is 11.7. The highest BCUT2D eigenvalue weighted by Gasteiger charge is 2.19. The van der Waals surface area contributed by atoms with Gasteiger partial charge in [-0.25, -0.2) is 5.09 Å². The Balaban J connectivity index is 0.00000233. The Morgan fingerprint density at radius 2 is 1.48 bits per heavy atom. The summed E-state index contributed by atoms with van der Waals surface area (Å²) in [7, 11) is -1.74. The van der Waals surface area contributed by atoms with Gasteiger partial charge in [-0.2, -0.15) is 0 Å². The van der Waals surface area contributed by atoms with E-state index in [1.54, 1.807) is 6.92 Å². The molecule has 0 bridgehead atoms. The van der Waals surface area contributed by atoms with Gasteiger partial charge in [-0.05, 0) is 42.2 Å². The second kappa shape index (κ2) is 12.9. The lowest BCUT2D eigenvalue weighted by Crippen LogP contribution is -2.24. The molecule has 0 aromatic heterocycles. The molecule has 0 heterocycles. The largest absolute Gasteiger partial charge is 0.465 e. The molecule has 1 N–H and O–H groups in total. The molecule has 0 aliphatic heterocycles. The van der Waals surface area contributed by atoms with E-state index in [1.165, 1.54) is 24.3 Å². The lowest BCUT2D eigenvalue weighted by molar-refractivity contribution is -0.384. The third-order valence-corrected chi connectivity index (χ3v) is 4.97. The predicted molar refractivity (Wildman–Crippen MR) is 122 cm³/mol. The van der Waals surface area contributed by atoms with Crippen LogP contribution in [0, 0.1) is 10.1 Å². The van der Waals surface area contributed by atoms with Crippen molar-refractivity contribution in [3.05, 3.63) is 64.2 Å². The van der Waals surface area contributed by atoms with Crippen LogP contribution >= 0.6 is 8.53 Å². The molecule has 1 atom stereocenters. The van der Waals surface area contributed by atoms with Crippen LogP contribution in [0.4, 0.5) is 5.69 Å². The summed E-state index contributed by atoms with van der Waals surface area (Å²) in [6.45, 7) is 12.3. The van der Waals surface area contributed by atoms with Crippen molar-refractivity contribution < 1.29 is 23.5 Å². The van der Waals surface area contributed by atoms with Crippen molar-refractivity contribution in [2.45, 2.75) is 47.0 Å². The molecule has 31 heavy (non-hydrogen) atoms. The summed E-state index contributed by atoms with van der Waals surface area (Å²) in [6, 6.07) is 13.2. The molecule has 0 spiro atoms. The fourth-order valence-electron chi connectivity index (χ4n) is 2.26. The quantitative estimate of drug-likeness (QED) is 0.224. The SMILES string of the molecule is CC.CCOC(=O)CNP(Oc1ccc([N+](=O)[O-])cc1)Oc1ccc(C(C)(C)C)cc1. The summed E-state index contributed by atoms with van der Waals surface area (Å²) in [4.78, 5) is 22.0. The zero-order chi connectivity index (χ0) is 23.4. The summed E-state index contributed by atoms with van der Waals surface area (Å²) >= 11 is 0. The normalized spacial score (nSPS) is 11.5. The van der Waals surface area contributed by atoms with E-state index in [1.807, 2.05) is 38.1 Å². The van der Waals surface area contributed by atoms with E-state index in [0.29, 0.717) is 11.5 Å². The molecule has 2 aromatic rings. The minimum Gasteiger partial charge on any atom is -0.465 e. The molecule has 170 valence electrons. The first-order valence-corrected chi connectivity index (χ1v) is 11.3. The number of ether oxygens (including phenoxy) is 1. The van der Waals surface area contributed by atoms with Gasteiger partial charge in [0, 0.05) is 12.1 Å². The smallest absolute Gasteiger partial charge is 0.382 e. The first-order valence-electron chi connectivity index (χ1n) is 10.1. The van der Waals surface area contributed by atoms with Gasteiger partial charge in [-0.15, -0.1) is 0 Å². The number of carbonyl (C=O) groups excluding carboxylic acids is 1. The van der Waals surface area contributed by atoms with E-state index in [2.05, 4.69) is 25.9 Å². The molecule has 0 saturated heterocycles. The minimum atomic E-state index is -1.74. The Kier molecular flexibility index (Phi) is 10.9. The maximum Gasteiger partial charge on any atom is 0.382 e. The molecule has 0 aliphatic rings. The molecule has 0 aliphatic carbocycles. The molecular weight excluding hydrogens is 419 g/mol. The fraction of sp³-hybridized carbons (Fsp3) is 0.409. The van der Waals surface area contributed by atoms with Gasteiger partial charge < -0.3 is 13.8 Å². The number of esters is 1. The highest BCUT2D eigenvalue weighted by atomic mass is 31.2. The second-order valence-electron chi connectivity index (χ2n) is 7.10. The number of nitrogens with one attached hydrogen (secondary N) is 1. The number of benzene rings is 2. The molecule has 8 nitrogen and oxygen atoms in total. The molecule has 1 unspecified atom stereocenters. The van der Waals surface area contributed by atoms with Crippen LogP contribution in [0.25, 0.3) is 0 Å². The van der Waals surface area contributed by atoms with Crippen molar-refractivity contribution in [1.29, 1.82) is 0 Å². The van der Waals surface area contributed by atoms with E-state index in [0.717, 1.165) is 5.56 Å². The molecule has 2 rings (SSSR count). The topological polar surface area (TPSA) is 99.9 Å². The van der Waals surface area contributed by atoms with Crippen LogP contribution in [0.3, 0.4) is 0 Å². The molecule has 0 fully saturated rings. The van der Waals surface area contributed by atoms with Crippen LogP contribution in [0.1, 0.15) is 47.1 Å². The van der Waals surface area contributed by atoms with Gasteiger partial charge in [0.1, 0.15) is 18.0 Å². The summed E-state index contributed by atoms with van der Waals surface area (Å²) in [5.74, 6) is 0.519. The van der Waals surface area contributed by atoms with E-state index >= 15 is 0 Å². The number of carbonyl (C=O) groups is 1.